The predicted molar refractivity (Wildman–Crippen MR) is 59.5 cm³/mol. The van der Waals surface area contributed by atoms with E-state index < -0.39 is 0 Å². The van der Waals surface area contributed by atoms with Crippen molar-refractivity contribution in [2.75, 3.05) is 6.61 Å². The maximum Gasteiger partial charge on any atom is 0.237 e. The first-order chi connectivity index (χ1) is 7.17. The Bertz CT molecular complexity index is 205. The molecule has 0 aliphatic carbocycles. The van der Waals surface area contributed by atoms with E-state index in [1.165, 1.54) is 0 Å². The minimum Gasteiger partial charge on any atom is -0.394 e. The van der Waals surface area contributed by atoms with Crippen LogP contribution in [0.15, 0.2) is 0 Å². The highest BCUT2D eigenvalue weighted by molar-refractivity contribution is 5.82. The maximum absolute atomic E-state index is 11.8. The highest BCUT2D eigenvalue weighted by atomic mass is 16.3. The zero-order valence-electron chi connectivity index (χ0n) is 9.62. The van der Waals surface area contributed by atoms with E-state index >= 15 is 0 Å². The summed E-state index contributed by atoms with van der Waals surface area (Å²) in [5.41, 5.74) is 0. The van der Waals surface area contributed by atoms with Crippen LogP contribution in [-0.4, -0.2) is 35.7 Å². The second kappa shape index (κ2) is 6.08. The zero-order chi connectivity index (χ0) is 11.3. The standard InChI is InChI=1S/C11H22N2O2/c1-3-9(7-14)13-11(15)10-6-4-5-8(2)12-10/h8-10,12,14H,3-7H2,1-2H3,(H,13,15). The molecule has 1 aliphatic rings. The number of aliphatic hydroxyl groups excluding tert-OH is 1. The van der Waals surface area contributed by atoms with Crippen LogP contribution in [0.25, 0.3) is 0 Å². The smallest absolute Gasteiger partial charge is 0.237 e. The summed E-state index contributed by atoms with van der Waals surface area (Å²) in [5.74, 6) is 0.0300. The van der Waals surface area contributed by atoms with E-state index in [4.69, 9.17) is 5.11 Å². The lowest BCUT2D eigenvalue weighted by Gasteiger charge is -2.29. The molecule has 4 heteroatoms. The van der Waals surface area contributed by atoms with Crippen molar-refractivity contribution >= 4 is 5.91 Å². The van der Waals surface area contributed by atoms with Crippen molar-refractivity contribution in [3.05, 3.63) is 0 Å². The van der Waals surface area contributed by atoms with Gasteiger partial charge < -0.3 is 15.7 Å². The Morgan fingerprint density at radius 1 is 1.60 bits per heavy atom. The monoisotopic (exact) mass is 214 g/mol. The molecule has 0 spiro atoms. The quantitative estimate of drug-likeness (QED) is 0.635. The Balaban J connectivity index is 2.38. The number of aliphatic hydroxyl groups is 1. The molecule has 0 aromatic heterocycles. The van der Waals surface area contributed by atoms with Gasteiger partial charge >= 0.3 is 0 Å². The third-order valence-electron chi connectivity index (χ3n) is 2.99. The average molecular weight is 214 g/mol. The Kier molecular flexibility index (Phi) is 5.05. The number of nitrogens with one attached hydrogen (secondary N) is 2. The maximum atomic E-state index is 11.8. The van der Waals surface area contributed by atoms with Gasteiger partial charge in [-0.2, -0.15) is 0 Å². The summed E-state index contributed by atoms with van der Waals surface area (Å²) < 4.78 is 0. The minimum atomic E-state index is -0.100. The Hall–Kier alpha value is -0.610. The Labute approximate surface area is 91.4 Å². The molecule has 3 N–H and O–H groups in total. The number of carbonyl (C=O) groups is 1. The summed E-state index contributed by atoms with van der Waals surface area (Å²) >= 11 is 0. The summed E-state index contributed by atoms with van der Waals surface area (Å²) in [6, 6.07) is 0.245. The molecule has 0 aromatic rings. The average Bonchev–Trinajstić information content (AvgIpc) is 2.25. The molecule has 1 saturated heterocycles. The van der Waals surface area contributed by atoms with Crippen LogP contribution in [0.5, 0.6) is 0 Å². The molecule has 0 aromatic carbocycles. The number of hydrogen-bond acceptors (Lipinski definition) is 3. The molecule has 1 amide bonds. The summed E-state index contributed by atoms with van der Waals surface area (Å²) in [4.78, 5) is 11.8. The lowest BCUT2D eigenvalue weighted by Crippen LogP contribution is -2.52. The highest BCUT2D eigenvalue weighted by Crippen LogP contribution is 2.12. The van der Waals surface area contributed by atoms with Gasteiger partial charge in [-0.3, -0.25) is 4.79 Å². The van der Waals surface area contributed by atoms with Crippen LogP contribution < -0.4 is 10.6 Å². The molecule has 1 aliphatic heterocycles. The molecule has 3 atom stereocenters. The van der Waals surface area contributed by atoms with E-state index in [1.807, 2.05) is 6.92 Å². The third kappa shape index (κ3) is 3.80. The van der Waals surface area contributed by atoms with Gasteiger partial charge in [0.2, 0.25) is 5.91 Å². The van der Waals surface area contributed by atoms with Gasteiger partial charge in [-0.05, 0) is 32.6 Å². The van der Waals surface area contributed by atoms with Crippen LogP contribution in [0, 0.1) is 0 Å². The van der Waals surface area contributed by atoms with Gasteiger partial charge in [0.1, 0.15) is 0 Å². The molecular weight excluding hydrogens is 192 g/mol. The van der Waals surface area contributed by atoms with Crippen LogP contribution in [0.2, 0.25) is 0 Å². The molecule has 0 saturated carbocycles. The van der Waals surface area contributed by atoms with Gasteiger partial charge in [0.15, 0.2) is 0 Å². The Morgan fingerprint density at radius 2 is 2.33 bits per heavy atom. The first-order valence-corrected chi connectivity index (χ1v) is 5.84. The van der Waals surface area contributed by atoms with Gasteiger partial charge in [-0.25, -0.2) is 0 Å². The fraction of sp³-hybridized carbons (Fsp3) is 0.909. The van der Waals surface area contributed by atoms with E-state index in [0.717, 1.165) is 25.7 Å². The third-order valence-corrected chi connectivity index (χ3v) is 2.99. The van der Waals surface area contributed by atoms with Gasteiger partial charge in [0, 0.05) is 6.04 Å². The fourth-order valence-electron chi connectivity index (χ4n) is 1.92. The summed E-state index contributed by atoms with van der Waals surface area (Å²) in [7, 11) is 0. The van der Waals surface area contributed by atoms with E-state index in [2.05, 4.69) is 17.6 Å². The van der Waals surface area contributed by atoms with Crippen molar-refractivity contribution in [1.29, 1.82) is 0 Å². The summed E-state index contributed by atoms with van der Waals surface area (Å²) in [6.07, 6.45) is 3.91. The fourth-order valence-corrected chi connectivity index (χ4v) is 1.92. The molecule has 1 rings (SSSR count). The molecule has 1 heterocycles. The van der Waals surface area contributed by atoms with E-state index in [0.29, 0.717) is 6.04 Å². The molecule has 4 nitrogen and oxygen atoms in total. The van der Waals surface area contributed by atoms with E-state index in [1.54, 1.807) is 0 Å². The molecule has 0 bridgehead atoms. The van der Waals surface area contributed by atoms with E-state index in [-0.39, 0.29) is 24.6 Å². The van der Waals surface area contributed by atoms with Crippen molar-refractivity contribution in [1.82, 2.24) is 10.6 Å². The molecular formula is C11H22N2O2. The summed E-state index contributed by atoms with van der Waals surface area (Å²) in [5, 5.41) is 15.1. The lowest BCUT2D eigenvalue weighted by molar-refractivity contribution is -0.125. The zero-order valence-corrected chi connectivity index (χ0v) is 9.62. The number of piperidine rings is 1. The number of carbonyl (C=O) groups excluding carboxylic acids is 1. The second-order valence-corrected chi connectivity index (χ2v) is 4.35. The van der Waals surface area contributed by atoms with Crippen molar-refractivity contribution in [3.8, 4) is 0 Å². The molecule has 3 unspecified atom stereocenters. The largest absolute Gasteiger partial charge is 0.394 e. The Morgan fingerprint density at radius 3 is 2.87 bits per heavy atom. The molecule has 1 fully saturated rings. The molecule has 88 valence electrons. The first-order valence-electron chi connectivity index (χ1n) is 5.84. The van der Waals surface area contributed by atoms with Gasteiger partial charge in [0.25, 0.3) is 0 Å². The minimum absolute atomic E-state index is 0.0184. The normalized spacial score (nSPS) is 28.5. The van der Waals surface area contributed by atoms with Crippen molar-refractivity contribution in [3.63, 3.8) is 0 Å². The number of amides is 1. The van der Waals surface area contributed by atoms with Crippen molar-refractivity contribution < 1.29 is 9.90 Å². The van der Waals surface area contributed by atoms with Gasteiger partial charge in [-0.1, -0.05) is 6.92 Å². The van der Waals surface area contributed by atoms with Crippen molar-refractivity contribution in [2.45, 2.75) is 57.7 Å². The van der Waals surface area contributed by atoms with Crippen molar-refractivity contribution in [2.24, 2.45) is 0 Å². The van der Waals surface area contributed by atoms with E-state index in [9.17, 15) is 4.79 Å². The van der Waals surface area contributed by atoms with Gasteiger partial charge in [-0.15, -0.1) is 0 Å². The van der Waals surface area contributed by atoms with Crippen LogP contribution in [0.3, 0.4) is 0 Å². The number of rotatable bonds is 4. The van der Waals surface area contributed by atoms with Crippen LogP contribution in [0.1, 0.15) is 39.5 Å². The first kappa shape index (κ1) is 12.5. The topological polar surface area (TPSA) is 61.4 Å². The highest BCUT2D eigenvalue weighted by Gasteiger charge is 2.25. The number of hydrogen-bond donors (Lipinski definition) is 3. The van der Waals surface area contributed by atoms with Crippen LogP contribution in [-0.2, 0) is 4.79 Å². The lowest BCUT2D eigenvalue weighted by atomic mass is 9.99. The molecule has 15 heavy (non-hydrogen) atoms. The SMILES string of the molecule is CCC(CO)NC(=O)C1CCCC(C)N1. The van der Waals surface area contributed by atoms with Crippen LogP contribution in [0.4, 0.5) is 0 Å². The molecule has 0 radical (unpaired) electrons. The predicted octanol–water partition coefficient (Wildman–Crippen LogP) is 0.404. The summed E-state index contributed by atoms with van der Waals surface area (Å²) in [6.45, 7) is 4.07. The van der Waals surface area contributed by atoms with Gasteiger partial charge in [0.05, 0.1) is 18.7 Å². The van der Waals surface area contributed by atoms with Crippen LogP contribution >= 0.6 is 0 Å². The second-order valence-electron chi connectivity index (χ2n) is 4.35.